The molecule has 0 aliphatic carbocycles. The normalized spacial score (nSPS) is 8.77. The van der Waals surface area contributed by atoms with Crippen LogP contribution in [0.25, 0.3) is 0 Å². The zero-order valence-electron chi connectivity index (χ0n) is 7.12. The van der Waals surface area contributed by atoms with E-state index in [-0.39, 0.29) is 24.6 Å². The fourth-order valence-electron chi connectivity index (χ4n) is 0.869. The van der Waals surface area contributed by atoms with Gasteiger partial charge in [-0.3, -0.25) is 4.79 Å². The standard InChI is InChI=1S/C9H9FO2.ClH/c1-12-9(11)6-7-4-2-3-5-8(7)10;/h2-5H,6H2,1H3;1H. The lowest BCUT2D eigenvalue weighted by atomic mass is 10.1. The zero-order valence-corrected chi connectivity index (χ0v) is 7.94. The first-order chi connectivity index (χ1) is 5.74. The molecule has 13 heavy (non-hydrogen) atoms. The Balaban J connectivity index is 0.00000144. The maximum Gasteiger partial charge on any atom is 0.310 e. The van der Waals surface area contributed by atoms with Gasteiger partial charge in [-0.2, -0.15) is 0 Å². The molecule has 0 amide bonds. The van der Waals surface area contributed by atoms with Gasteiger partial charge in [0.2, 0.25) is 0 Å². The second kappa shape index (κ2) is 5.54. The van der Waals surface area contributed by atoms with Crippen LogP contribution in [-0.2, 0) is 16.0 Å². The van der Waals surface area contributed by atoms with Crippen molar-refractivity contribution < 1.29 is 13.9 Å². The lowest BCUT2D eigenvalue weighted by Crippen LogP contribution is -2.05. The van der Waals surface area contributed by atoms with Gasteiger partial charge < -0.3 is 4.74 Å². The summed E-state index contributed by atoms with van der Waals surface area (Å²) in [5.41, 5.74) is 0.365. The van der Waals surface area contributed by atoms with Gasteiger partial charge in [-0.15, -0.1) is 12.4 Å². The summed E-state index contributed by atoms with van der Waals surface area (Å²) in [4.78, 5) is 10.7. The molecule has 1 aromatic rings. The van der Waals surface area contributed by atoms with Gasteiger partial charge in [-0.1, -0.05) is 18.2 Å². The number of methoxy groups -OCH3 is 1. The number of carbonyl (C=O) groups is 1. The van der Waals surface area contributed by atoms with Gasteiger partial charge in [0, 0.05) is 0 Å². The Hall–Kier alpha value is -1.09. The van der Waals surface area contributed by atoms with Gasteiger partial charge in [0.1, 0.15) is 5.82 Å². The van der Waals surface area contributed by atoms with Crippen molar-refractivity contribution in [2.24, 2.45) is 0 Å². The maximum absolute atomic E-state index is 12.9. The van der Waals surface area contributed by atoms with Crippen molar-refractivity contribution in [3.8, 4) is 0 Å². The lowest BCUT2D eigenvalue weighted by molar-refractivity contribution is -0.139. The average Bonchev–Trinajstić information content (AvgIpc) is 2.09. The van der Waals surface area contributed by atoms with E-state index in [0.29, 0.717) is 5.56 Å². The first kappa shape index (κ1) is 11.9. The molecule has 0 aliphatic heterocycles. The molecular weight excluding hydrogens is 195 g/mol. The molecule has 4 heteroatoms. The molecule has 0 saturated heterocycles. The van der Waals surface area contributed by atoms with Crippen LogP contribution < -0.4 is 0 Å². The molecule has 0 N–H and O–H groups in total. The number of hydrogen-bond donors (Lipinski definition) is 0. The summed E-state index contributed by atoms with van der Waals surface area (Å²) in [6.07, 6.45) is -0.0107. The Morgan fingerprint density at radius 2 is 2.08 bits per heavy atom. The molecule has 0 aromatic heterocycles. The van der Waals surface area contributed by atoms with Crippen LogP contribution in [0.2, 0.25) is 0 Å². The fourth-order valence-corrected chi connectivity index (χ4v) is 0.869. The Morgan fingerprint density at radius 1 is 1.46 bits per heavy atom. The number of benzene rings is 1. The quantitative estimate of drug-likeness (QED) is 0.689. The third-order valence-electron chi connectivity index (χ3n) is 1.52. The topological polar surface area (TPSA) is 26.3 Å². The van der Waals surface area contributed by atoms with Gasteiger partial charge in [0.25, 0.3) is 0 Å². The van der Waals surface area contributed by atoms with E-state index in [1.165, 1.54) is 13.2 Å². The number of halogens is 2. The summed E-state index contributed by atoms with van der Waals surface area (Å²) in [5, 5.41) is 0. The number of ether oxygens (including phenoxy) is 1. The van der Waals surface area contributed by atoms with Gasteiger partial charge >= 0.3 is 5.97 Å². The minimum Gasteiger partial charge on any atom is -0.469 e. The van der Waals surface area contributed by atoms with Crippen molar-refractivity contribution in [3.05, 3.63) is 35.6 Å². The Kier molecular flexibility index (Phi) is 5.07. The monoisotopic (exact) mass is 204 g/mol. The van der Waals surface area contributed by atoms with Gasteiger partial charge in [-0.25, -0.2) is 4.39 Å². The Labute approximate surface area is 82.1 Å². The van der Waals surface area contributed by atoms with E-state index < -0.39 is 5.97 Å². The van der Waals surface area contributed by atoms with Crippen LogP contribution in [0.3, 0.4) is 0 Å². The molecule has 0 heterocycles. The number of carbonyl (C=O) groups excluding carboxylic acids is 1. The fraction of sp³-hybridized carbons (Fsp3) is 0.222. The van der Waals surface area contributed by atoms with Crippen molar-refractivity contribution >= 4 is 18.4 Å². The number of rotatable bonds is 2. The largest absolute Gasteiger partial charge is 0.469 e. The van der Waals surface area contributed by atoms with E-state index in [1.807, 2.05) is 0 Å². The summed E-state index contributed by atoms with van der Waals surface area (Å²) < 4.78 is 17.3. The van der Waals surface area contributed by atoms with Gasteiger partial charge in [0.05, 0.1) is 13.5 Å². The molecule has 0 aliphatic rings. The SMILES string of the molecule is COC(=O)Cc1ccccc1F.Cl. The van der Waals surface area contributed by atoms with Crippen LogP contribution >= 0.6 is 12.4 Å². The predicted molar refractivity (Wildman–Crippen MR) is 49.4 cm³/mol. The van der Waals surface area contributed by atoms with E-state index in [2.05, 4.69) is 4.74 Å². The highest BCUT2D eigenvalue weighted by molar-refractivity contribution is 5.85. The van der Waals surface area contributed by atoms with E-state index in [4.69, 9.17) is 0 Å². The zero-order chi connectivity index (χ0) is 8.97. The molecular formula is C9H10ClFO2. The third kappa shape index (κ3) is 3.42. The Morgan fingerprint density at radius 3 is 2.62 bits per heavy atom. The molecule has 72 valence electrons. The highest BCUT2D eigenvalue weighted by Gasteiger charge is 2.06. The molecule has 0 fully saturated rings. The highest BCUT2D eigenvalue weighted by Crippen LogP contribution is 2.07. The van der Waals surface area contributed by atoms with Crippen molar-refractivity contribution in [2.75, 3.05) is 7.11 Å². The summed E-state index contributed by atoms with van der Waals surface area (Å²) >= 11 is 0. The number of hydrogen-bond acceptors (Lipinski definition) is 2. The molecule has 1 rings (SSSR count). The van der Waals surface area contributed by atoms with Crippen LogP contribution in [0, 0.1) is 5.82 Å². The van der Waals surface area contributed by atoms with E-state index >= 15 is 0 Å². The van der Waals surface area contributed by atoms with Crippen LogP contribution in [0.4, 0.5) is 4.39 Å². The summed E-state index contributed by atoms with van der Waals surface area (Å²) in [6, 6.07) is 6.14. The van der Waals surface area contributed by atoms with Crippen molar-refractivity contribution in [1.82, 2.24) is 0 Å². The molecule has 0 radical (unpaired) electrons. The van der Waals surface area contributed by atoms with Crippen molar-refractivity contribution in [3.63, 3.8) is 0 Å². The summed E-state index contributed by atoms with van der Waals surface area (Å²) in [5.74, 6) is -0.803. The average molecular weight is 205 g/mol. The minimum atomic E-state index is -0.430. The lowest BCUT2D eigenvalue weighted by Gasteiger charge is -2.00. The van der Waals surface area contributed by atoms with Crippen LogP contribution in [0.1, 0.15) is 5.56 Å². The second-order valence-corrected chi connectivity index (χ2v) is 2.34. The third-order valence-corrected chi connectivity index (χ3v) is 1.52. The summed E-state index contributed by atoms with van der Waals surface area (Å²) in [6.45, 7) is 0. The first-order valence-electron chi connectivity index (χ1n) is 3.54. The van der Waals surface area contributed by atoms with Crippen LogP contribution in [0.5, 0.6) is 0 Å². The van der Waals surface area contributed by atoms with E-state index in [1.54, 1.807) is 18.2 Å². The van der Waals surface area contributed by atoms with Crippen LogP contribution in [0.15, 0.2) is 24.3 Å². The molecule has 2 nitrogen and oxygen atoms in total. The van der Waals surface area contributed by atoms with Gasteiger partial charge in [0.15, 0.2) is 0 Å². The van der Waals surface area contributed by atoms with Crippen molar-refractivity contribution in [2.45, 2.75) is 6.42 Å². The molecule has 0 unspecified atom stereocenters. The molecule has 0 saturated carbocycles. The highest BCUT2D eigenvalue weighted by atomic mass is 35.5. The van der Waals surface area contributed by atoms with E-state index in [0.717, 1.165) is 0 Å². The van der Waals surface area contributed by atoms with E-state index in [9.17, 15) is 9.18 Å². The summed E-state index contributed by atoms with van der Waals surface area (Å²) in [7, 11) is 1.28. The Bertz CT molecular complexity index is 289. The second-order valence-electron chi connectivity index (χ2n) is 2.34. The van der Waals surface area contributed by atoms with Gasteiger partial charge in [-0.05, 0) is 11.6 Å². The minimum absolute atomic E-state index is 0. The predicted octanol–water partition coefficient (Wildman–Crippen LogP) is 1.96. The smallest absolute Gasteiger partial charge is 0.310 e. The van der Waals surface area contributed by atoms with Crippen molar-refractivity contribution in [1.29, 1.82) is 0 Å². The first-order valence-corrected chi connectivity index (χ1v) is 3.54. The maximum atomic E-state index is 12.9. The van der Waals surface area contributed by atoms with Crippen LogP contribution in [-0.4, -0.2) is 13.1 Å². The number of esters is 1. The molecule has 0 spiro atoms. The molecule has 0 atom stereocenters. The molecule has 1 aromatic carbocycles. The molecule has 0 bridgehead atoms.